The molecule has 0 aromatic carbocycles. The number of halogens is 1. The third-order valence-electron chi connectivity index (χ3n) is 0.908. The normalized spacial score (nSPS) is 6.78. The minimum absolute atomic E-state index is 0. The van der Waals surface area contributed by atoms with Crippen molar-refractivity contribution in [2.24, 2.45) is 0 Å². The number of hydrogen-bond acceptors (Lipinski definition) is 0. The van der Waals surface area contributed by atoms with E-state index in [1.807, 2.05) is 6.08 Å². The monoisotopic (exact) mass is 200 g/mol. The molecule has 0 aliphatic carbocycles. The fourth-order valence-electron chi connectivity index (χ4n) is 0.465. The van der Waals surface area contributed by atoms with E-state index in [-0.39, 0.29) is 40.0 Å². The Balaban J connectivity index is -0.000000180. The molecule has 50 valence electrons. The zero-order valence-corrected chi connectivity index (χ0v) is 8.91. The molecule has 0 rings (SSSR count). The molecule has 9 heavy (non-hydrogen) atoms. The maximum atomic E-state index is 3.72. The number of hydrogen-bond donors (Lipinski definition) is 0. The van der Waals surface area contributed by atoms with Gasteiger partial charge in [0, 0.05) is 0 Å². The van der Waals surface area contributed by atoms with Crippen LogP contribution < -0.4 is 17.0 Å². The van der Waals surface area contributed by atoms with Crippen LogP contribution in [0.25, 0.3) is 0 Å². The molecule has 0 spiro atoms. The van der Waals surface area contributed by atoms with Crippen LogP contribution in [0.4, 0.5) is 0 Å². The van der Waals surface area contributed by atoms with Crippen molar-refractivity contribution in [1.29, 1.82) is 0 Å². The second kappa shape index (κ2) is 16.0. The summed E-state index contributed by atoms with van der Waals surface area (Å²) >= 11 is 0. The summed E-state index contributed by atoms with van der Waals surface area (Å²) in [4.78, 5) is 0. The van der Waals surface area contributed by atoms with Crippen molar-refractivity contribution in [2.45, 2.75) is 25.7 Å². The molecule has 0 atom stereocenters. The summed E-state index contributed by atoms with van der Waals surface area (Å²) in [6.45, 7) is 7.34. The van der Waals surface area contributed by atoms with Crippen molar-refractivity contribution in [3.05, 3.63) is 19.6 Å². The number of allylic oxidation sites excluding steroid dienone is 1. The second-order valence-electron chi connectivity index (χ2n) is 1.64. The summed E-state index contributed by atoms with van der Waals surface area (Å²) in [6.07, 6.45) is 6.66. The van der Waals surface area contributed by atoms with Crippen LogP contribution in [0.5, 0.6) is 0 Å². The molecule has 0 fully saturated rings. The Labute approximate surface area is 85.0 Å². The molecule has 0 unspecified atom stereocenters. The first-order chi connectivity index (χ1) is 3.41. The van der Waals surface area contributed by atoms with Gasteiger partial charge in [-0.2, -0.15) is 6.42 Å². The van der Waals surface area contributed by atoms with Gasteiger partial charge < -0.3 is 23.9 Å². The van der Waals surface area contributed by atoms with Crippen molar-refractivity contribution in [3.63, 3.8) is 0 Å². The van der Waals surface area contributed by atoms with Crippen LogP contribution in [0.1, 0.15) is 25.7 Å². The molecule has 0 radical (unpaired) electrons. The van der Waals surface area contributed by atoms with E-state index in [4.69, 9.17) is 0 Å². The molecule has 0 heterocycles. The van der Waals surface area contributed by atoms with Gasteiger partial charge in [-0.05, 0) is 6.42 Å². The molecule has 0 amide bonds. The fourth-order valence-corrected chi connectivity index (χ4v) is 0.465. The van der Waals surface area contributed by atoms with Crippen molar-refractivity contribution < 1.29 is 17.0 Å². The Morgan fingerprint density at radius 2 is 1.89 bits per heavy atom. The SMILES string of the molecule is C=CCCCC[CH2-].[Br-].[Mg+2]. The first-order valence-corrected chi connectivity index (χ1v) is 2.82. The van der Waals surface area contributed by atoms with E-state index in [1.54, 1.807) is 0 Å². The average Bonchev–Trinajstić information content (AvgIpc) is 1.69. The maximum absolute atomic E-state index is 3.72. The summed E-state index contributed by atoms with van der Waals surface area (Å²) in [5, 5.41) is 0. The summed E-state index contributed by atoms with van der Waals surface area (Å²) in [7, 11) is 0. The summed E-state index contributed by atoms with van der Waals surface area (Å²) in [5.74, 6) is 0. The van der Waals surface area contributed by atoms with Crippen LogP contribution in [0.15, 0.2) is 12.7 Å². The van der Waals surface area contributed by atoms with Crippen molar-refractivity contribution in [2.75, 3.05) is 0 Å². The van der Waals surface area contributed by atoms with Crippen LogP contribution >= 0.6 is 0 Å². The zero-order valence-electron chi connectivity index (χ0n) is 5.91. The summed E-state index contributed by atoms with van der Waals surface area (Å²) in [5.41, 5.74) is 0. The standard InChI is InChI=1S/C7H13.BrH.Mg/c1-3-5-7-6-4-2;;/h3H,1-2,4-7H2;1H;/q-1;;+2/p-1. The molecule has 0 saturated heterocycles. The second-order valence-corrected chi connectivity index (χ2v) is 1.64. The number of rotatable bonds is 4. The van der Waals surface area contributed by atoms with Crippen molar-refractivity contribution in [1.82, 2.24) is 0 Å². The maximum Gasteiger partial charge on any atom is 2.00 e. The van der Waals surface area contributed by atoms with Crippen molar-refractivity contribution in [3.8, 4) is 0 Å². The van der Waals surface area contributed by atoms with Gasteiger partial charge in [0.2, 0.25) is 0 Å². The zero-order chi connectivity index (χ0) is 5.54. The van der Waals surface area contributed by atoms with E-state index in [9.17, 15) is 0 Å². The molecule has 0 nitrogen and oxygen atoms in total. The van der Waals surface area contributed by atoms with Gasteiger partial charge in [-0.1, -0.05) is 18.9 Å². The Bertz CT molecular complexity index is 46.2. The summed E-state index contributed by atoms with van der Waals surface area (Å²) < 4.78 is 0. The predicted octanol–water partition coefficient (Wildman–Crippen LogP) is -0.810. The van der Waals surface area contributed by atoms with Gasteiger partial charge in [-0.15, -0.1) is 6.58 Å². The third-order valence-corrected chi connectivity index (χ3v) is 0.908. The first kappa shape index (κ1) is 16.5. The van der Waals surface area contributed by atoms with E-state index in [0.29, 0.717) is 0 Å². The van der Waals surface area contributed by atoms with Gasteiger partial charge in [-0.25, -0.2) is 0 Å². The van der Waals surface area contributed by atoms with Crippen LogP contribution in [-0.2, 0) is 0 Å². The van der Waals surface area contributed by atoms with E-state index in [0.717, 1.165) is 12.8 Å². The number of unbranched alkanes of at least 4 members (excludes halogenated alkanes) is 3. The van der Waals surface area contributed by atoms with Gasteiger partial charge in [0.25, 0.3) is 0 Å². The molecule has 2 heteroatoms. The van der Waals surface area contributed by atoms with Crippen LogP contribution in [0.2, 0.25) is 0 Å². The Morgan fingerprint density at radius 3 is 2.22 bits per heavy atom. The molecule has 0 aliphatic rings. The van der Waals surface area contributed by atoms with Crippen LogP contribution in [0.3, 0.4) is 0 Å². The van der Waals surface area contributed by atoms with Gasteiger partial charge in [-0.3, -0.25) is 0 Å². The molecule has 0 aromatic heterocycles. The van der Waals surface area contributed by atoms with E-state index >= 15 is 0 Å². The Hall–Kier alpha value is 0.986. The van der Waals surface area contributed by atoms with Crippen LogP contribution in [-0.4, -0.2) is 23.1 Å². The minimum atomic E-state index is 0. The molecule has 0 aliphatic heterocycles. The van der Waals surface area contributed by atoms with Crippen molar-refractivity contribution >= 4 is 23.1 Å². The quantitative estimate of drug-likeness (QED) is 0.242. The van der Waals surface area contributed by atoms with E-state index < -0.39 is 0 Å². The Morgan fingerprint density at radius 1 is 1.33 bits per heavy atom. The van der Waals surface area contributed by atoms with Gasteiger partial charge in [0.1, 0.15) is 0 Å². The predicted molar refractivity (Wildman–Crippen MR) is 39.8 cm³/mol. The molecular weight excluding hydrogens is 188 g/mol. The smallest absolute Gasteiger partial charge is 1.00 e. The molecular formula is C7H13BrMg. The van der Waals surface area contributed by atoms with E-state index in [1.165, 1.54) is 12.8 Å². The van der Waals surface area contributed by atoms with Crippen LogP contribution in [0, 0.1) is 6.92 Å². The largest absolute Gasteiger partial charge is 2.00 e. The van der Waals surface area contributed by atoms with Gasteiger partial charge >= 0.3 is 23.1 Å². The fraction of sp³-hybridized carbons (Fsp3) is 0.571. The topological polar surface area (TPSA) is 0 Å². The van der Waals surface area contributed by atoms with Gasteiger partial charge in [0.05, 0.1) is 0 Å². The average molecular weight is 201 g/mol. The van der Waals surface area contributed by atoms with Gasteiger partial charge in [0.15, 0.2) is 0 Å². The summed E-state index contributed by atoms with van der Waals surface area (Å²) in [6, 6.07) is 0. The first-order valence-electron chi connectivity index (χ1n) is 2.82. The molecule has 0 bridgehead atoms. The van der Waals surface area contributed by atoms with E-state index in [2.05, 4.69) is 13.5 Å². The molecule has 0 saturated carbocycles. The minimum Gasteiger partial charge on any atom is -1.00 e. The Kier molecular flexibility index (Phi) is 29.4. The molecule has 0 aromatic rings. The third kappa shape index (κ3) is 17.6. The molecule has 0 N–H and O–H groups in total.